The van der Waals surface area contributed by atoms with Crippen LogP contribution >= 0.6 is 47.3 Å². The van der Waals surface area contributed by atoms with E-state index in [2.05, 4.69) is 21.9 Å². The summed E-state index contributed by atoms with van der Waals surface area (Å²) in [6.45, 7) is 2.28. The number of hydrogen-bond acceptors (Lipinski definition) is 3. The first-order valence-corrected chi connectivity index (χ1v) is 9.33. The van der Waals surface area contributed by atoms with Crippen LogP contribution in [0.1, 0.15) is 11.3 Å². The first-order valence-electron chi connectivity index (χ1n) is 7.56. The maximum absolute atomic E-state index is 5.90. The molecule has 0 aliphatic rings. The lowest BCUT2D eigenvalue weighted by Gasteiger charge is -2.12. The third kappa shape index (κ3) is 8.30. The highest BCUT2D eigenvalue weighted by atomic mass is 127. The van der Waals surface area contributed by atoms with Gasteiger partial charge in [0.25, 0.3) is 0 Å². The summed E-state index contributed by atoms with van der Waals surface area (Å²) in [7, 11) is 0. The van der Waals surface area contributed by atoms with Crippen molar-refractivity contribution in [1.82, 2.24) is 10.6 Å². The second kappa shape index (κ2) is 12.5. The minimum Gasteiger partial charge on any atom is -0.469 e. The van der Waals surface area contributed by atoms with Crippen molar-refractivity contribution in [2.24, 2.45) is 4.99 Å². The van der Waals surface area contributed by atoms with Gasteiger partial charge in [-0.3, -0.25) is 0 Å². The fourth-order valence-corrected chi connectivity index (χ4v) is 2.40. The number of hydrogen-bond donors (Lipinski definition) is 2. The number of nitrogens with one attached hydrogen (secondary N) is 2. The monoisotopic (exact) mass is 479 g/mol. The molecule has 0 amide bonds. The number of aliphatic imine (C=N–C) groups is 1. The van der Waals surface area contributed by atoms with Gasteiger partial charge in [0.05, 0.1) is 12.8 Å². The van der Waals surface area contributed by atoms with Crippen LogP contribution in [0.3, 0.4) is 0 Å². The zero-order chi connectivity index (χ0) is 16.3. The maximum Gasteiger partial charge on any atom is 0.191 e. The highest BCUT2D eigenvalue weighted by Gasteiger charge is 2.00. The summed E-state index contributed by atoms with van der Waals surface area (Å²) in [6, 6.07) is 11.6. The second-order valence-corrected chi connectivity index (χ2v) is 6.39. The van der Waals surface area contributed by atoms with E-state index < -0.39 is 0 Å². The van der Waals surface area contributed by atoms with Crippen LogP contribution in [0.4, 0.5) is 0 Å². The Bertz CT molecular complexity index is 590. The average Bonchev–Trinajstić information content (AvgIpc) is 3.07. The van der Waals surface area contributed by atoms with Crippen molar-refractivity contribution in [3.63, 3.8) is 0 Å². The quantitative estimate of drug-likeness (QED) is 0.258. The minimum atomic E-state index is 0. The third-order valence-corrected chi connectivity index (χ3v) is 4.04. The van der Waals surface area contributed by atoms with Crippen LogP contribution in [-0.2, 0) is 13.0 Å². The van der Waals surface area contributed by atoms with Crippen LogP contribution in [0.25, 0.3) is 0 Å². The van der Waals surface area contributed by atoms with Crippen molar-refractivity contribution in [3.05, 3.63) is 59.0 Å². The van der Waals surface area contributed by atoms with Gasteiger partial charge in [-0.2, -0.15) is 11.8 Å². The van der Waals surface area contributed by atoms with Gasteiger partial charge in [0, 0.05) is 30.3 Å². The number of guanidine groups is 1. The Morgan fingerprint density at radius 2 is 1.92 bits per heavy atom. The van der Waals surface area contributed by atoms with E-state index in [9.17, 15) is 0 Å². The van der Waals surface area contributed by atoms with Crippen LogP contribution in [0.15, 0.2) is 52.1 Å². The van der Waals surface area contributed by atoms with E-state index in [1.165, 1.54) is 0 Å². The number of rotatable bonds is 8. The lowest BCUT2D eigenvalue weighted by Crippen LogP contribution is -2.39. The number of benzene rings is 1. The smallest absolute Gasteiger partial charge is 0.191 e. The molecule has 24 heavy (non-hydrogen) atoms. The van der Waals surface area contributed by atoms with Gasteiger partial charge in [-0.15, -0.1) is 24.0 Å². The molecule has 0 saturated carbocycles. The molecule has 7 heteroatoms. The molecule has 2 rings (SSSR count). The van der Waals surface area contributed by atoms with Crippen LogP contribution < -0.4 is 10.6 Å². The Kier molecular flexibility index (Phi) is 11.0. The predicted molar refractivity (Wildman–Crippen MR) is 115 cm³/mol. The Labute approximate surface area is 169 Å². The first kappa shape index (κ1) is 21.2. The Morgan fingerprint density at radius 1 is 1.17 bits per heavy atom. The van der Waals surface area contributed by atoms with E-state index in [-0.39, 0.29) is 24.0 Å². The van der Waals surface area contributed by atoms with Crippen LogP contribution in [0.5, 0.6) is 0 Å². The summed E-state index contributed by atoms with van der Waals surface area (Å²) in [6.07, 6.45) is 4.62. The molecule has 0 atom stereocenters. The van der Waals surface area contributed by atoms with Crippen molar-refractivity contribution < 1.29 is 4.42 Å². The molecule has 2 aromatic rings. The SMILES string of the molecule is CSCCNC(=NCc1ccc(Cl)cc1)NCCc1ccco1.I. The molecular weight excluding hydrogens is 457 g/mol. The number of nitrogens with zero attached hydrogens (tertiary/aromatic N) is 1. The lowest BCUT2D eigenvalue weighted by atomic mass is 10.2. The average molecular weight is 480 g/mol. The molecule has 0 unspecified atom stereocenters. The van der Waals surface area contributed by atoms with E-state index in [1.807, 2.05) is 36.4 Å². The van der Waals surface area contributed by atoms with E-state index in [4.69, 9.17) is 16.0 Å². The normalized spacial score (nSPS) is 11.0. The molecule has 0 saturated heterocycles. The zero-order valence-electron chi connectivity index (χ0n) is 13.6. The minimum absolute atomic E-state index is 0. The fourth-order valence-electron chi connectivity index (χ4n) is 1.96. The van der Waals surface area contributed by atoms with E-state index in [1.54, 1.807) is 18.0 Å². The summed E-state index contributed by atoms with van der Waals surface area (Å²) >= 11 is 7.71. The zero-order valence-corrected chi connectivity index (χ0v) is 17.5. The number of furan rings is 1. The van der Waals surface area contributed by atoms with Crippen LogP contribution in [0, 0.1) is 0 Å². The molecule has 1 aromatic carbocycles. The molecule has 0 aliphatic carbocycles. The van der Waals surface area contributed by atoms with Gasteiger partial charge in [-0.1, -0.05) is 23.7 Å². The number of halogens is 2. The van der Waals surface area contributed by atoms with E-state index in [0.717, 1.165) is 47.6 Å². The molecule has 0 radical (unpaired) electrons. The van der Waals surface area contributed by atoms with Crippen molar-refractivity contribution in [3.8, 4) is 0 Å². The highest BCUT2D eigenvalue weighted by molar-refractivity contribution is 14.0. The Balaban J connectivity index is 0.00000288. The summed E-state index contributed by atoms with van der Waals surface area (Å²) < 4.78 is 5.34. The van der Waals surface area contributed by atoms with Crippen molar-refractivity contribution in [1.29, 1.82) is 0 Å². The first-order chi connectivity index (χ1) is 11.3. The standard InChI is InChI=1S/C17H22ClN3OS.HI/c1-23-12-10-20-17(19-9-8-16-3-2-11-22-16)21-13-14-4-6-15(18)7-5-14;/h2-7,11H,8-10,12-13H2,1H3,(H2,19,20,21);1H. The maximum atomic E-state index is 5.90. The third-order valence-electron chi connectivity index (χ3n) is 3.18. The summed E-state index contributed by atoms with van der Waals surface area (Å²) in [5.74, 6) is 2.83. The summed E-state index contributed by atoms with van der Waals surface area (Å²) in [5.41, 5.74) is 1.13. The Hall–Kier alpha value is -0.860. The lowest BCUT2D eigenvalue weighted by molar-refractivity contribution is 0.507. The van der Waals surface area contributed by atoms with Gasteiger partial charge in [-0.05, 0) is 36.1 Å². The summed E-state index contributed by atoms with van der Waals surface area (Å²) in [5, 5.41) is 7.43. The molecule has 0 spiro atoms. The van der Waals surface area contributed by atoms with E-state index in [0.29, 0.717) is 6.54 Å². The molecular formula is C17H23ClIN3OS. The van der Waals surface area contributed by atoms with Gasteiger partial charge in [-0.25, -0.2) is 4.99 Å². The van der Waals surface area contributed by atoms with Crippen LogP contribution in [-0.4, -0.2) is 31.1 Å². The predicted octanol–water partition coefficient (Wildman–Crippen LogP) is 4.19. The van der Waals surface area contributed by atoms with Gasteiger partial charge < -0.3 is 15.1 Å². The topological polar surface area (TPSA) is 49.6 Å². The molecule has 2 N–H and O–H groups in total. The largest absolute Gasteiger partial charge is 0.469 e. The van der Waals surface area contributed by atoms with Crippen molar-refractivity contribution in [2.75, 3.05) is 25.1 Å². The summed E-state index contributed by atoms with van der Waals surface area (Å²) in [4.78, 5) is 4.63. The molecule has 1 heterocycles. The van der Waals surface area contributed by atoms with Crippen molar-refractivity contribution >= 4 is 53.3 Å². The molecule has 0 bridgehead atoms. The second-order valence-electron chi connectivity index (χ2n) is 4.97. The van der Waals surface area contributed by atoms with E-state index >= 15 is 0 Å². The van der Waals surface area contributed by atoms with Crippen LogP contribution in [0.2, 0.25) is 5.02 Å². The van der Waals surface area contributed by atoms with Crippen molar-refractivity contribution in [2.45, 2.75) is 13.0 Å². The number of thioether (sulfide) groups is 1. The molecule has 0 aliphatic heterocycles. The Morgan fingerprint density at radius 3 is 2.58 bits per heavy atom. The van der Waals surface area contributed by atoms with Gasteiger partial charge in [0.1, 0.15) is 5.76 Å². The molecule has 0 fully saturated rings. The fraction of sp³-hybridized carbons (Fsp3) is 0.353. The highest BCUT2D eigenvalue weighted by Crippen LogP contribution is 2.10. The van der Waals surface area contributed by atoms with Gasteiger partial charge in [0.15, 0.2) is 5.96 Å². The van der Waals surface area contributed by atoms with Gasteiger partial charge in [0.2, 0.25) is 0 Å². The molecule has 4 nitrogen and oxygen atoms in total. The molecule has 1 aromatic heterocycles. The molecule has 132 valence electrons. The van der Waals surface area contributed by atoms with Gasteiger partial charge >= 0.3 is 0 Å².